The molecule has 0 bridgehead atoms. The Morgan fingerprint density at radius 3 is 2.45 bits per heavy atom. The van der Waals surface area contributed by atoms with Crippen LogP contribution in [0.15, 0.2) is 24.3 Å². The van der Waals surface area contributed by atoms with E-state index in [0.29, 0.717) is 10.9 Å². The SMILES string of the molecule is CCCNC(c1cc(C)c(Cl)s1)c1c(F)cccc1F. The van der Waals surface area contributed by atoms with Gasteiger partial charge in [-0.05, 0) is 43.7 Å². The fourth-order valence-electron chi connectivity index (χ4n) is 2.05. The molecule has 0 aliphatic carbocycles. The Hall–Kier alpha value is -0.970. The van der Waals surface area contributed by atoms with Crippen LogP contribution in [0.3, 0.4) is 0 Å². The highest BCUT2D eigenvalue weighted by Gasteiger charge is 2.23. The number of rotatable bonds is 5. The highest BCUT2D eigenvalue weighted by molar-refractivity contribution is 7.16. The molecule has 20 heavy (non-hydrogen) atoms. The molecule has 0 aliphatic rings. The molecule has 0 saturated heterocycles. The topological polar surface area (TPSA) is 12.0 Å². The lowest BCUT2D eigenvalue weighted by molar-refractivity contribution is 0.506. The predicted molar refractivity (Wildman–Crippen MR) is 80.6 cm³/mol. The molecule has 1 aromatic heterocycles. The zero-order valence-corrected chi connectivity index (χ0v) is 12.9. The highest BCUT2D eigenvalue weighted by Crippen LogP contribution is 2.35. The van der Waals surface area contributed by atoms with Crippen LogP contribution >= 0.6 is 22.9 Å². The van der Waals surface area contributed by atoms with Crippen LogP contribution in [-0.2, 0) is 0 Å². The molecule has 1 N–H and O–H groups in total. The number of thiophene rings is 1. The second-order valence-electron chi connectivity index (χ2n) is 4.63. The lowest BCUT2D eigenvalue weighted by atomic mass is 10.0. The minimum absolute atomic E-state index is 0.0545. The van der Waals surface area contributed by atoms with Gasteiger partial charge < -0.3 is 5.32 Å². The van der Waals surface area contributed by atoms with Gasteiger partial charge in [-0.15, -0.1) is 11.3 Å². The molecule has 1 atom stereocenters. The monoisotopic (exact) mass is 315 g/mol. The van der Waals surface area contributed by atoms with Crippen molar-refractivity contribution in [3.8, 4) is 0 Å². The standard InChI is InChI=1S/C15H16ClF2NS/c1-3-7-19-14(12-8-9(2)15(16)20-12)13-10(17)5-4-6-11(13)18/h4-6,8,14,19H,3,7H2,1-2H3. The molecule has 2 rings (SSSR count). The Morgan fingerprint density at radius 1 is 1.30 bits per heavy atom. The smallest absolute Gasteiger partial charge is 0.131 e. The summed E-state index contributed by atoms with van der Waals surface area (Å²) < 4.78 is 28.7. The van der Waals surface area contributed by atoms with Crippen LogP contribution in [0, 0.1) is 18.6 Å². The molecule has 0 aliphatic heterocycles. The molecule has 108 valence electrons. The van der Waals surface area contributed by atoms with E-state index in [1.54, 1.807) is 0 Å². The van der Waals surface area contributed by atoms with Crippen molar-refractivity contribution >= 4 is 22.9 Å². The van der Waals surface area contributed by atoms with E-state index in [-0.39, 0.29) is 5.56 Å². The van der Waals surface area contributed by atoms with Crippen LogP contribution in [0.4, 0.5) is 8.78 Å². The molecule has 1 aromatic carbocycles. The number of aryl methyl sites for hydroxylation is 1. The summed E-state index contributed by atoms with van der Waals surface area (Å²) in [6, 6.07) is 5.30. The third-order valence-electron chi connectivity index (χ3n) is 3.05. The maximum atomic E-state index is 14.0. The van der Waals surface area contributed by atoms with Gasteiger partial charge >= 0.3 is 0 Å². The number of halogens is 3. The van der Waals surface area contributed by atoms with Crippen molar-refractivity contribution in [2.75, 3.05) is 6.54 Å². The van der Waals surface area contributed by atoms with Gasteiger partial charge in [-0.1, -0.05) is 24.6 Å². The van der Waals surface area contributed by atoms with E-state index in [9.17, 15) is 8.78 Å². The van der Waals surface area contributed by atoms with Gasteiger partial charge in [-0.3, -0.25) is 0 Å². The summed E-state index contributed by atoms with van der Waals surface area (Å²) in [7, 11) is 0. The second kappa shape index (κ2) is 6.66. The van der Waals surface area contributed by atoms with Gasteiger partial charge in [0.15, 0.2) is 0 Å². The summed E-state index contributed by atoms with van der Waals surface area (Å²) in [4.78, 5) is 0.824. The Labute approximate surface area is 126 Å². The summed E-state index contributed by atoms with van der Waals surface area (Å²) in [5.74, 6) is -1.08. The molecule has 1 unspecified atom stereocenters. The van der Waals surface area contributed by atoms with Crippen molar-refractivity contribution in [2.45, 2.75) is 26.3 Å². The maximum absolute atomic E-state index is 14.0. The number of hydrogen-bond donors (Lipinski definition) is 1. The summed E-state index contributed by atoms with van der Waals surface area (Å²) in [5.41, 5.74) is 0.977. The van der Waals surface area contributed by atoms with Gasteiger partial charge in [0.05, 0.1) is 10.4 Å². The van der Waals surface area contributed by atoms with Crippen molar-refractivity contribution in [3.05, 3.63) is 56.2 Å². The van der Waals surface area contributed by atoms with Crippen molar-refractivity contribution in [1.82, 2.24) is 5.32 Å². The van der Waals surface area contributed by atoms with E-state index in [1.807, 2.05) is 19.9 Å². The minimum Gasteiger partial charge on any atom is -0.305 e. The quantitative estimate of drug-likeness (QED) is 0.811. The largest absolute Gasteiger partial charge is 0.305 e. The highest BCUT2D eigenvalue weighted by atomic mass is 35.5. The molecule has 5 heteroatoms. The summed E-state index contributed by atoms with van der Waals surface area (Å²) in [6.07, 6.45) is 0.880. The Bertz CT molecular complexity index is 558. The third-order valence-corrected chi connectivity index (χ3v) is 4.67. The van der Waals surface area contributed by atoms with Gasteiger partial charge in [0.1, 0.15) is 11.6 Å². The summed E-state index contributed by atoms with van der Waals surface area (Å²) in [5, 5.41) is 3.20. The van der Waals surface area contributed by atoms with Gasteiger partial charge in [0.25, 0.3) is 0 Å². The molecular formula is C15H16ClF2NS. The van der Waals surface area contributed by atoms with E-state index in [4.69, 9.17) is 11.6 Å². The van der Waals surface area contributed by atoms with Crippen molar-refractivity contribution in [1.29, 1.82) is 0 Å². The molecule has 0 radical (unpaired) electrons. The molecule has 2 aromatic rings. The van der Waals surface area contributed by atoms with Crippen molar-refractivity contribution in [3.63, 3.8) is 0 Å². The first-order chi connectivity index (χ1) is 9.54. The first kappa shape index (κ1) is 15.4. The third kappa shape index (κ3) is 3.19. The molecule has 0 saturated carbocycles. The van der Waals surface area contributed by atoms with Crippen LogP contribution in [0.5, 0.6) is 0 Å². The number of hydrogen-bond acceptors (Lipinski definition) is 2. The maximum Gasteiger partial charge on any atom is 0.131 e. The molecule has 0 spiro atoms. The Morgan fingerprint density at radius 2 is 1.95 bits per heavy atom. The van der Waals surface area contributed by atoms with Crippen molar-refractivity contribution in [2.24, 2.45) is 0 Å². The van der Waals surface area contributed by atoms with Gasteiger partial charge in [-0.2, -0.15) is 0 Å². The normalized spacial score (nSPS) is 12.7. The van der Waals surface area contributed by atoms with Crippen LogP contribution in [0.25, 0.3) is 0 Å². The average Bonchev–Trinajstić information content (AvgIpc) is 2.73. The molecule has 1 heterocycles. The zero-order chi connectivity index (χ0) is 14.7. The van der Waals surface area contributed by atoms with Crippen LogP contribution in [0.2, 0.25) is 4.34 Å². The summed E-state index contributed by atoms with van der Waals surface area (Å²) >= 11 is 7.43. The summed E-state index contributed by atoms with van der Waals surface area (Å²) in [6.45, 7) is 4.57. The van der Waals surface area contributed by atoms with Gasteiger partial charge in [0, 0.05) is 10.4 Å². The van der Waals surface area contributed by atoms with Crippen LogP contribution < -0.4 is 5.32 Å². The molecule has 0 amide bonds. The van der Waals surface area contributed by atoms with Crippen LogP contribution in [-0.4, -0.2) is 6.54 Å². The fraction of sp³-hybridized carbons (Fsp3) is 0.333. The first-order valence-corrected chi connectivity index (χ1v) is 7.67. The predicted octanol–water partition coefficient (Wildman–Crippen LogP) is 5.08. The number of nitrogens with one attached hydrogen (secondary N) is 1. The molecule has 1 nitrogen and oxygen atoms in total. The second-order valence-corrected chi connectivity index (χ2v) is 6.31. The number of benzene rings is 1. The Kier molecular flexibility index (Phi) is 5.13. The lowest BCUT2D eigenvalue weighted by Crippen LogP contribution is -2.24. The lowest BCUT2D eigenvalue weighted by Gasteiger charge is -2.19. The minimum atomic E-state index is -0.541. The van der Waals surface area contributed by atoms with E-state index < -0.39 is 17.7 Å². The van der Waals surface area contributed by atoms with E-state index in [1.165, 1.54) is 29.5 Å². The average molecular weight is 316 g/mol. The van der Waals surface area contributed by atoms with E-state index in [0.717, 1.165) is 16.9 Å². The van der Waals surface area contributed by atoms with Gasteiger partial charge in [-0.25, -0.2) is 8.78 Å². The molecule has 0 fully saturated rings. The molecular weight excluding hydrogens is 300 g/mol. The van der Waals surface area contributed by atoms with Crippen molar-refractivity contribution < 1.29 is 8.78 Å². The fourth-order valence-corrected chi connectivity index (χ4v) is 3.35. The van der Waals surface area contributed by atoms with E-state index >= 15 is 0 Å². The zero-order valence-electron chi connectivity index (χ0n) is 11.3. The van der Waals surface area contributed by atoms with Crippen LogP contribution in [0.1, 0.15) is 35.4 Å². The Balaban J connectivity index is 2.47. The first-order valence-electron chi connectivity index (χ1n) is 6.47. The van der Waals surface area contributed by atoms with Gasteiger partial charge in [0.2, 0.25) is 0 Å². The van der Waals surface area contributed by atoms with E-state index in [2.05, 4.69) is 5.32 Å².